The third-order valence-corrected chi connectivity index (χ3v) is 11.5. The maximum absolute atomic E-state index is 6.51. The lowest BCUT2D eigenvalue weighted by atomic mass is 10.1. The molecule has 0 saturated heterocycles. The van der Waals surface area contributed by atoms with Gasteiger partial charge in [-0.2, -0.15) is 0 Å². The number of benzene rings is 1. The number of allylic oxidation sites excluding steroid dienone is 2. The molecule has 4 heteroatoms. The highest BCUT2D eigenvalue weighted by Crippen LogP contribution is 2.39. The normalized spacial score (nSPS) is 12.7. The molecule has 0 saturated carbocycles. The molecule has 0 aliphatic rings. The van der Waals surface area contributed by atoms with Gasteiger partial charge in [-0.05, 0) is 66.2 Å². The van der Waals surface area contributed by atoms with Crippen molar-refractivity contribution in [2.24, 2.45) is 0 Å². The average molecular weight is 470 g/mol. The van der Waals surface area contributed by atoms with Crippen molar-refractivity contribution in [3.05, 3.63) is 58.3 Å². The predicted molar refractivity (Wildman–Crippen MR) is 149 cm³/mol. The summed E-state index contributed by atoms with van der Waals surface area (Å²) in [5.41, 5.74) is 2.57. The largest absolute Gasteiger partial charge is 0.543 e. The third-order valence-electron chi connectivity index (χ3n) is 6.30. The zero-order valence-corrected chi connectivity index (χ0v) is 23.1. The topological polar surface area (TPSA) is 12.5 Å². The van der Waals surface area contributed by atoms with Crippen LogP contribution >= 0.6 is 11.3 Å². The third kappa shape index (κ3) is 7.97. The van der Waals surface area contributed by atoms with Gasteiger partial charge in [-0.1, -0.05) is 77.8 Å². The van der Waals surface area contributed by atoms with Gasteiger partial charge >= 0.3 is 0 Å². The Morgan fingerprint density at radius 3 is 2.06 bits per heavy atom. The van der Waals surface area contributed by atoms with E-state index >= 15 is 0 Å². The van der Waals surface area contributed by atoms with Crippen LogP contribution < -0.4 is 9.33 Å². The van der Waals surface area contributed by atoms with Crippen LogP contribution in [0.3, 0.4) is 0 Å². The van der Waals surface area contributed by atoms with Crippen LogP contribution in [-0.2, 0) is 0 Å². The SMILES string of the molecule is CCCCN(CCCC)c1ccc(C=CC=Cc2sccc2O[Si](C)(C)C(C)(C)C)cc1. The van der Waals surface area contributed by atoms with E-state index < -0.39 is 8.32 Å². The number of nitrogens with zero attached hydrogens (tertiary/aromatic N) is 1. The van der Waals surface area contributed by atoms with E-state index in [9.17, 15) is 0 Å². The van der Waals surface area contributed by atoms with Gasteiger partial charge in [-0.15, -0.1) is 11.3 Å². The minimum Gasteiger partial charge on any atom is -0.543 e. The minimum absolute atomic E-state index is 0.199. The molecule has 2 nitrogen and oxygen atoms in total. The Morgan fingerprint density at radius 2 is 1.50 bits per heavy atom. The average Bonchev–Trinajstić information content (AvgIpc) is 3.17. The molecule has 176 valence electrons. The lowest BCUT2D eigenvalue weighted by molar-refractivity contribution is 0.493. The second kappa shape index (κ2) is 12.5. The summed E-state index contributed by atoms with van der Waals surface area (Å²) in [7, 11) is -1.82. The van der Waals surface area contributed by atoms with Crippen LogP contribution in [0.15, 0.2) is 47.9 Å². The molecular formula is C28H43NOSSi. The van der Waals surface area contributed by atoms with Crippen molar-refractivity contribution in [3.8, 4) is 5.75 Å². The second-order valence-electron chi connectivity index (χ2n) is 10.0. The van der Waals surface area contributed by atoms with Gasteiger partial charge in [0.15, 0.2) is 0 Å². The maximum atomic E-state index is 6.51. The fourth-order valence-corrected chi connectivity index (χ4v) is 4.95. The Balaban J connectivity index is 2.01. The van der Waals surface area contributed by atoms with Crippen molar-refractivity contribution in [1.82, 2.24) is 0 Å². The number of rotatable bonds is 12. The van der Waals surface area contributed by atoms with Crippen molar-refractivity contribution in [1.29, 1.82) is 0 Å². The molecule has 32 heavy (non-hydrogen) atoms. The Hall–Kier alpha value is -1.78. The zero-order chi connectivity index (χ0) is 23.6. The molecular weight excluding hydrogens is 426 g/mol. The Morgan fingerprint density at radius 1 is 0.906 bits per heavy atom. The van der Waals surface area contributed by atoms with Crippen molar-refractivity contribution >= 4 is 37.5 Å². The second-order valence-corrected chi connectivity index (χ2v) is 15.7. The maximum Gasteiger partial charge on any atom is 0.250 e. The van der Waals surface area contributed by atoms with Gasteiger partial charge in [0, 0.05) is 18.8 Å². The van der Waals surface area contributed by atoms with Crippen molar-refractivity contribution in [2.45, 2.75) is 78.4 Å². The molecule has 2 rings (SSSR count). The molecule has 0 aliphatic heterocycles. The molecule has 0 radical (unpaired) electrons. The Kier molecular flexibility index (Phi) is 10.3. The van der Waals surface area contributed by atoms with E-state index in [2.05, 4.69) is 113 Å². The Bertz CT molecular complexity index is 850. The molecule has 0 amide bonds. The summed E-state index contributed by atoms with van der Waals surface area (Å²) in [4.78, 5) is 3.72. The van der Waals surface area contributed by atoms with E-state index in [4.69, 9.17) is 4.43 Å². The van der Waals surface area contributed by atoms with Crippen molar-refractivity contribution in [2.75, 3.05) is 18.0 Å². The van der Waals surface area contributed by atoms with E-state index in [1.807, 2.05) is 0 Å². The first-order valence-electron chi connectivity index (χ1n) is 12.1. The van der Waals surface area contributed by atoms with Crippen molar-refractivity contribution in [3.63, 3.8) is 0 Å². The standard InChI is InChI=1S/C28H43NOSSi/c1-8-10-21-29(22-11-9-2)25-18-16-24(17-19-25)14-12-13-15-27-26(20-23-31-27)30-32(6,7)28(3,4)5/h12-20,23H,8-11,21-22H2,1-7H3. The summed E-state index contributed by atoms with van der Waals surface area (Å²) in [6, 6.07) is 11.1. The van der Waals surface area contributed by atoms with Gasteiger partial charge in [0.2, 0.25) is 0 Å². The number of unbranched alkanes of at least 4 members (excludes halogenated alkanes) is 2. The summed E-state index contributed by atoms with van der Waals surface area (Å²) >= 11 is 1.74. The molecule has 0 unspecified atom stereocenters. The van der Waals surface area contributed by atoms with Gasteiger partial charge in [-0.3, -0.25) is 0 Å². The molecule has 1 aromatic heterocycles. The van der Waals surface area contributed by atoms with Crippen LogP contribution in [0.4, 0.5) is 5.69 Å². The highest BCUT2D eigenvalue weighted by atomic mass is 32.1. The highest BCUT2D eigenvalue weighted by molar-refractivity contribution is 7.11. The van der Waals surface area contributed by atoms with E-state index in [1.54, 1.807) is 11.3 Å². The lowest BCUT2D eigenvalue weighted by Gasteiger charge is -2.36. The molecule has 0 N–H and O–H groups in total. The molecule has 0 fully saturated rings. The zero-order valence-electron chi connectivity index (χ0n) is 21.3. The molecule has 0 atom stereocenters. The van der Waals surface area contributed by atoms with E-state index in [1.165, 1.54) is 41.8 Å². The summed E-state index contributed by atoms with van der Waals surface area (Å²) in [5.74, 6) is 1.02. The number of thiophene rings is 1. The van der Waals surface area contributed by atoms with Crippen LogP contribution in [0.25, 0.3) is 12.2 Å². The van der Waals surface area contributed by atoms with Crippen LogP contribution in [-0.4, -0.2) is 21.4 Å². The van der Waals surface area contributed by atoms with Gasteiger partial charge in [0.1, 0.15) is 5.75 Å². The fourth-order valence-electron chi connectivity index (χ4n) is 3.12. The number of hydrogen-bond donors (Lipinski definition) is 0. The van der Waals surface area contributed by atoms with E-state index in [0.717, 1.165) is 18.8 Å². The molecule has 0 aliphatic carbocycles. The van der Waals surface area contributed by atoms with Crippen LogP contribution in [0.5, 0.6) is 5.75 Å². The summed E-state index contributed by atoms with van der Waals surface area (Å²) in [5, 5.41) is 2.32. The first kappa shape index (κ1) is 26.5. The molecule has 0 spiro atoms. The first-order valence-corrected chi connectivity index (χ1v) is 15.9. The summed E-state index contributed by atoms with van der Waals surface area (Å²) < 4.78 is 6.51. The first-order chi connectivity index (χ1) is 15.2. The van der Waals surface area contributed by atoms with Gasteiger partial charge in [-0.25, -0.2) is 0 Å². The predicted octanol–water partition coefficient (Wildman–Crippen LogP) is 9.27. The van der Waals surface area contributed by atoms with Crippen LogP contribution in [0, 0.1) is 0 Å². The van der Waals surface area contributed by atoms with E-state index in [-0.39, 0.29) is 5.04 Å². The monoisotopic (exact) mass is 469 g/mol. The van der Waals surface area contributed by atoms with Crippen molar-refractivity contribution < 1.29 is 4.43 Å². The number of hydrogen-bond acceptors (Lipinski definition) is 3. The Labute approximate surface area is 202 Å². The quantitative estimate of drug-likeness (QED) is 0.227. The van der Waals surface area contributed by atoms with Gasteiger partial charge < -0.3 is 9.33 Å². The fraction of sp³-hybridized carbons (Fsp3) is 0.500. The molecule has 2 aromatic rings. The summed E-state index contributed by atoms with van der Waals surface area (Å²) in [6.07, 6.45) is 13.6. The molecule has 1 heterocycles. The van der Waals surface area contributed by atoms with Gasteiger partial charge in [0.05, 0.1) is 4.88 Å². The minimum atomic E-state index is -1.82. The summed E-state index contributed by atoms with van der Waals surface area (Å²) in [6.45, 7) is 18.3. The lowest BCUT2D eigenvalue weighted by Crippen LogP contribution is -2.43. The molecule has 1 aromatic carbocycles. The van der Waals surface area contributed by atoms with E-state index in [0.29, 0.717) is 0 Å². The highest BCUT2D eigenvalue weighted by Gasteiger charge is 2.39. The smallest absolute Gasteiger partial charge is 0.250 e. The van der Waals surface area contributed by atoms with Crippen LogP contribution in [0.2, 0.25) is 18.1 Å². The number of anilines is 1. The van der Waals surface area contributed by atoms with Gasteiger partial charge in [0.25, 0.3) is 8.32 Å². The van der Waals surface area contributed by atoms with Crippen LogP contribution in [0.1, 0.15) is 70.7 Å². The molecule has 0 bridgehead atoms.